The van der Waals surface area contributed by atoms with E-state index in [4.69, 9.17) is 0 Å². The van der Waals surface area contributed by atoms with Crippen LogP contribution in [0.15, 0.2) is 59.6 Å². The highest BCUT2D eigenvalue weighted by atomic mass is 32.2. The van der Waals surface area contributed by atoms with E-state index in [0.717, 1.165) is 22.0 Å². The lowest BCUT2D eigenvalue weighted by Crippen LogP contribution is -1.96. The lowest BCUT2D eigenvalue weighted by molar-refractivity contribution is 0.628. The molecule has 18 heavy (non-hydrogen) atoms. The molecule has 0 bridgehead atoms. The molecule has 0 spiro atoms. The monoisotopic (exact) mass is 259 g/mol. The summed E-state index contributed by atoms with van der Waals surface area (Å²) in [6.07, 6.45) is 0. The molecule has 0 aromatic heterocycles. The molecule has 0 aliphatic rings. The van der Waals surface area contributed by atoms with Crippen LogP contribution >= 0.6 is 11.8 Å². The smallest absolute Gasteiger partial charge is 0.123 e. The molecule has 0 saturated heterocycles. The van der Waals surface area contributed by atoms with Gasteiger partial charge in [-0.25, -0.2) is 9.38 Å². The third-order valence-corrected chi connectivity index (χ3v) is 3.25. The molecule has 0 unspecified atom stereocenters. The Morgan fingerprint density at radius 1 is 1.06 bits per heavy atom. The predicted octanol–water partition coefficient (Wildman–Crippen LogP) is 4.66. The Hall–Kier alpha value is -1.61. The van der Waals surface area contributed by atoms with Crippen LogP contribution in [0.2, 0.25) is 0 Å². The van der Waals surface area contributed by atoms with Crippen LogP contribution in [-0.4, -0.2) is 10.8 Å². The second-order valence-electron chi connectivity index (χ2n) is 3.69. The second-order valence-corrected chi connectivity index (χ2v) is 4.95. The van der Waals surface area contributed by atoms with Crippen LogP contribution in [0, 0.1) is 5.82 Å². The summed E-state index contributed by atoms with van der Waals surface area (Å²) in [5, 5.41) is 0.920. The van der Waals surface area contributed by atoms with Crippen LogP contribution in [0.4, 0.5) is 10.1 Å². The number of aliphatic imine (C=N–C) groups is 1. The van der Waals surface area contributed by atoms with Crippen molar-refractivity contribution >= 4 is 22.5 Å². The van der Waals surface area contributed by atoms with Crippen molar-refractivity contribution in [1.82, 2.24) is 0 Å². The van der Waals surface area contributed by atoms with Gasteiger partial charge in [0.25, 0.3) is 0 Å². The fourth-order valence-corrected chi connectivity index (χ4v) is 2.28. The minimum absolute atomic E-state index is 0.223. The molecule has 0 aliphatic carbocycles. The van der Waals surface area contributed by atoms with Crippen molar-refractivity contribution in [3.8, 4) is 0 Å². The largest absolute Gasteiger partial charge is 0.241 e. The molecule has 3 heteroatoms. The summed E-state index contributed by atoms with van der Waals surface area (Å²) in [5.41, 5.74) is 1.87. The Morgan fingerprint density at radius 3 is 2.33 bits per heavy atom. The summed E-state index contributed by atoms with van der Waals surface area (Å²) in [6, 6.07) is 16.2. The quantitative estimate of drug-likeness (QED) is 0.577. The zero-order chi connectivity index (χ0) is 12.8. The van der Waals surface area contributed by atoms with Gasteiger partial charge in [0.15, 0.2) is 0 Å². The SMILES string of the molecule is CCS/C(=N\c1ccccc1)c1ccc(F)cc1. The summed E-state index contributed by atoms with van der Waals surface area (Å²) in [5.74, 6) is 0.711. The number of nitrogens with zero attached hydrogens (tertiary/aromatic N) is 1. The standard InChI is InChI=1S/C15H14FNS/c1-2-18-15(12-8-10-13(16)11-9-12)17-14-6-4-3-5-7-14/h3-11H,2H2,1H3/b17-15-. The molecular weight excluding hydrogens is 245 g/mol. The van der Waals surface area contributed by atoms with Gasteiger partial charge in [-0.3, -0.25) is 0 Å². The normalized spacial score (nSPS) is 11.6. The lowest BCUT2D eigenvalue weighted by Gasteiger charge is -2.05. The van der Waals surface area contributed by atoms with Crippen molar-refractivity contribution in [3.63, 3.8) is 0 Å². The van der Waals surface area contributed by atoms with Gasteiger partial charge in [0, 0.05) is 5.56 Å². The average Bonchev–Trinajstić information content (AvgIpc) is 2.40. The van der Waals surface area contributed by atoms with Crippen LogP contribution in [-0.2, 0) is 0 Å². The van der Waals surface area contributed by atoms with Gasteiger partial charge < -0.3 is 0 Å². The number of thioether (sulfide) groups is 1. The maximum absolute atomic E-state index is 12.9. The maximum Gasteiger partial charge on any atom is 0.123 e. The van der Waals surface area contributed by atoms with Crippen LogP contribution in [0.1, 0.15) is 12.5 Å². The first-order chi connectivity index (χ1) is 8.79. The van der Waals surface area contributed by atoms with Gasteiger partial charge in [-0.05, 0) is 42.2 Å². The topological polar surface area (TPSA) is 12.4 Å². The van der Waals surface area contributed by atoms with E-state index in [-0.39, 0.29) is 5.82 Å². The Balaban J connectivity index is 2.33. The molecule has 2 rings (SSSR count). The van der Waals surface area contributed by atoms with Gasteiger partial charge >= 0.3 is 0 Å². The van der Waals surface area contributed by atoms with Crippen LogP contribution in [0.25, 0.3) is 0 Å². The molecule has 0 radical (unpaired) electrons. The summed E-state index contributed by atoms with van der Waals surface area (Å²) in [4.78, 5) is 4.61. The van der Waals surface area contributed by atoms with Gasteiger partial charge in [-0.15, -0.1) is 11.8 Å². The molecule has 0 atom stereocenters. The van der Waals surface area contributed by atoms with Crippen molar-refractivity contribution in [1.29, 1.82) is 0 Å². The number of para-hydroxylation sites is 1. The van der Waals surface area contributed by atoms with Gasteiger partial charge in [0.1, 0.15) is 10.9 Å². The first-order valence-electron chi connectivity index (χ1n) is 5.82. The molecule has 92 valence electrons. The highest BCUT2D eigenvalue weighted by Crippen LogP contribution is 2.20. The fraction of sp³-hybridized carbons (Fsp3) is 0.133. The Morgan fingerprint density at radius 2 is 1.72 bits per heavy atom. The minimum atomic E-state index is -0.223. The molecule has 0 heterocycles. The van der Waals surface area contributed by atoms with E-state index >= 15 is 0 Å². The van der Waals surface area contributed by atoms with Crippen LogP contribution in [0.3, 0.4) is 0 Å². The van der Waals surface area contributed by atoms with Gasteiger partial charge in [0.2, 0.25) is 0 Å². The summed E-state index contributed by atoms with van der Waals surface area (Å²) in [6.45, 7) is 2.08. The Kier molecular flexibility index (Phi) is 4.53. The van der Waals surface area contributed by atoms with E-state index in [1.165, 1.54) is 12.1 Å². The first kappa shape index (κ1) is 12.8. The highest BCUT2D eigenvalue weighted by molar-refractivity contribution is 8.14. The van der Waals surface area contributed by atoms with Crippen molar-refractivity contribution in [2.24, 2.45) is 4.99 Å². The van der Waals surface area contributed by atoms with E-state index in [0.29, 0.717) is 0 Å². The first-order valence-corrected chi connectivity index (χ1v) is 6.80. The van der Waals surface area contributed by atoms with Gasteiger partial charge in [-0.2, -0.15) is 0 Å². The predicted molar refractivity (Wildman–Crippen MR) is 77.2 cm³/mol. The van der Waals surface area contributed by atoms with E-state index in [1.807, 2.05) is 30.3 Å². The highest BCUT2D eigenvalue weighted by Gasteiger charge is 2.04. The number of hydrogen-bond donors (Lipinski definition) is 0. The molecule has 0 aliphatic heterocycles. The van der Waals surface area contributed by atoms with E-state index in [2.05, 4.69) is 11.9 Å². The van der Waals surface area contributed by atoms with Crippen LogP contribution in [0.5, 0.6) is 0 Å². The van der Waals surface area contributed by atoms with Crippen molar-refractivity contribution in [2.45, 2.75) is 6.92 Å². The van der Waals surface area contributed by atoms with Crippen molar-refractivity contribution < 1.29 is 4.39 Å². The zero-order valence-corrected chi connectivity index (χ0v) is 11.0. The van der Waals surface area contributed by atoms with Gasteiger partial charge in [-0.1, -0.05) is 25.1 Å². The molecule has 0 fully saturated rings. The molecule has 0 amide bonds. The second kappa shape index (κ2) is 6.36. The Labute approximate surface area is 111 Å². The summed E-state index contributed by atoms with van der Waals surface area (Å²) in [7, 11) is 0. The molecule has 1 nitrogen and oxygen atoms in total. The van der Waals surface area contributed by atoms with E-state index < -0.39 is 0 Å². The third kappa shape index (κ3) is 3.44. The maximum atomic E-state index is 12.9. The summed E-state index contributed by atoms with van der Waals surface area (Å²) < 4.78 is 12.9. The number of hydrogen-bond acceptors (Lipinski definition) is 2. The number of rotatable bonds is 3. The number of halogens is 1. The summed E-state index contributed by atoms with van der Waals surface area (Å²) >= 11 is 1.66. The zero-order valence-electron chi connectivity index (χ0n) is 10.1. The Bertz CT molecular complexity index is 520. The lowest BCUT2D eigenvalue weighted by atomic mass is 10.2. The number of benzene rings is 2. The molecule has 0 N–H and O–H groups in total. The molecule has 2 aromatic rings. The van der Waals surface area contributed by atoms with E-state index in [9.17, 15) is 4.39 Å². The van der Waals surface area contributed by atoms with Crippen molar-refractivity contribution in [2.75, 3.05) is 5.75 Å². The molecule has 0 saturated carbocycles. The fourth-order valence-electron chi connectivity index (χ4n) is 1.53. The van der Waals surface area contributed by atoms with Crippen LogP contribution < -0.4 is 0 Å². The van der Waals surface area contributed by atoms with Crippen molar-refractivity contribution in [3.05, 3.63) is 66.0 Å². The minimum Gasteiger partial charge on any atom is -0.241 e. The third-order valence-electron chi connectivity index (χ3n) is 2.36. The molecule has 2 aromatic carbocycles. The van der Waals surface area contributed by atoms with Gasteiger partial charge in [0.05, 0.1) is 5.69 Å². The average molecular weight is 259 g/mol. The van der Waals surface area contributed by atoms with E-state index in [1.54, 1.807) is 23.9 Å². The molecular formula is C15H14FNS.